The van der Waals surface area contributed by atoms with Gasteiger partial charge in [0.05, 0.1) is 89.0 Å². The number of aryl methyl sites for hydroxylation is 8. The first kappa shape index (κ1) is 94.0. The number of fused-ring (bicyclic) bond motifs is 2. The number of hydrogen-bond donors (Lipinski definition) is 5. The third-order valence-corrected chi connectivity index (χ3v) is 39.0. The summed E-state index contributed by atoms with van der Waals surface area (Å²) in [7, 11) is -9.13. The Morgan fingerprint density at radius 3 is 1.63 bits per heavy atom. The van der Waals surface area contributed by atoms with Crippen molar-refractivity contribution in [2.45, 2.75) is 263 Å². The number of aromatic nitrogens is 12. The van der Waals surface area contributed by atoms with Crippen molar-refractivity contribution in [1.82, 2.24) is 62.9 Å². The van der Waals surface area contributed by atoms with E-state index in [9.17, 15) is 27.9 Å². The van der Waals surface area contributed by atoms with Crippen molar-refractivity contribution in [2.75, 3.05) is 50.2 Å². The number of aliphatic hydroxyl groups excluding tert-OH is 1. The number of ether oxygens (including phenoxy) is 2. The fourth-order valence-corrected chi connectivity index (χ4v) is 17.6. The van der Waals surface area contributed by atoms with E-state index in [1.165, 1.54) is 46.6 Å². The van der Waals surface area contributed by atoms with Gasteiger partial charge < -0.3 is 56.4 Å². The van der Waals surface area contributed by atoms with Gasteiger partial charge in [-0.3, -0.25) is 18.9 Å². The van der Waals surface area contributed by atoms with E-state index >= 15 is 0 Å². The largest absolute Gasteiger partial charge is 0.416 e. The fraction of sp³-hybridized carbons (Fsp3) is 0.615. The fourth-order valence-electron chi connectivity index (χ4n) is 11.7. The number of aldehydes is 2. The van der Waals surface area contributed by atoms with E-state index in [0.717, 1.165) is 134 Å². The SMILES string of the molecule is CC(C)(C)[Si](C)(C)OCCBr.Cc1nc(C=O)n(CCO[Si](C)(C)C(C)(C)C)c1C.Cc1nc2n(c1C)CCOC2c1cc(C(=O)c2cncnc2N[C@@H]2C[C@H](CNS(=O)(=O)O)[C@@H](O)C2)sc1C.Cc1nc2n(c1C)CCOC2c1cc(C=O)sc1C.Cc1nc[nH]c1C.Cc1ncn(CCO[Si](C)(C)C(C)(C)C)c1C. The summed E-state index contributed by atoms with van der Waals surface area (Å²) in [6, 6.07) is 3.53. The molecular weight excluding hydrogens is 1590 g/mol. The maximum atomic E-state index is 13.6. The monoisotopic (exact) mass is 1710 g/mol. The molecule has 111 heavy (non-hydrogen) atoms. The maximum Gasteiger partial charge on any atom is 0.333 e. The van der Waals surface area contributed by atoms with Crippen LogP contribution in [0.2, 0.25) is 54.4 Å². The second-order valence-electron chi connectivity index (χ2n) is 33.2. The summed E-state index contributed by atoms with van der Waals surface area (Å²) in [5, 5.41) is 15.4. The standard InChI is InChI=1S/C24H30N6O6S2.C14H16N2O2S.C14H26N2O2Si.C13H26N2OSi.C8H19BrOSi.C5H8N2/c1-12-13(2)30-4-5-36-22(24(30)28-12)17-8-20(37-14(17)3)21(32)18-10-25-11-26-23(18)29-16-6-15(19(31)7-16)9-27-38(33,34)35;1-8-9(2)16-4-5-18-13(14(16)15-8)12-6-11(7-17)19-10(12)3;1-11-12(2)16(13(10-17)15-11)8-9-18-19(6,7)14(3,4)5;1-11-12(2)15(10-14-11)8-9-16-17(6,7)13(3,4)5;1-8(2,3)11(4,5)10-7-6-9;1-4-5(2)7-3-6-4/h8,10-11,15-16,19,22,27,31H,4-7,9H2,1-3H3,(H,25,26,29)(H,33,34,35);6-7,13H,4-5H2,1-3H3;10H,8-9H2,1-7H3;10H,8-9H2,1-7H3;6-7H2,1-5H3;3H,1-2H3,(H,6,7)/t15-,16-,19+,22?;;;;;/m1...../s1. The number of rotatable bonds is 22. The number of alkyl halides is 1. The number of ketones is 1. The van der Waals surface area contributed by atoms with Crippen molar-refractivity contribution in [3.63, 3.8) is 0 Å². The third kappa shape index (κ3) is 25.1. The number of halogens is 1. The Hall–Kier alpha value is -5.90. The Morgan fingerprint density at radius 2 is 1.18 bits per heavy atom. The van der Waals surface area contributed by atoms with Crippen LogP contribution in [0.1, 0.15) is 212 Å². The van der Waals surface area contributed by atoms with Crippen LogP contribution in [0.15, 0.2) is 37.3 Å². The highest BCUT2D eigenvalue weighted by atomic mass is 79.9. The van der Waals surface area contributed by atoms with Crippen LogP contribution >= 0.6 is 38.6 Å². The Labute approximate surface area is 678 Å². The number of carbonyl (C=O) groups is 3. The molecule has 0 saturated heterocycles. The number of thiophene rings is 2. The van der Waals surface area contributed by atoms with Crippen LogP contribution < -0.4 is 10.0 Å². The van der Waals surface area contributed by atoms with Crippen LogP contribution in [0.5, 0.6) is 0 Å². The second kappa shape index (κ2) is 39.6. The number of H-pyrrole nitrogens is 1. The van der Waals surface area contributed by atoms with Gasteiger partial charge in [-0.2, -0.15) is 13.1 Å². The van der Waals surface area contributed by atoms with Crippen molar-refractivity contribution < 1.29 is 55.2 Å². The average molecular weight is 1710 g/mol. The van der Waals surface area contributed by atoms with Crippen LogP contribution in [0.3, 0.4) is 0 Å². The van der Waals surface area contributed by atoms with Crippen LogP contribution in [0.4, 0.5) is 5.82 Å². The van der Waals surface area contributed by atoms with Crippen molar-refractivity contribution in [3.05, 3.63) is 148 Å². The zero-order chi connectivity index (χ0) is 83.3. The van der Waals surface area contributed by atoms with E-state index in [0.29, 0.717) is 66.3 Å². The molecule has 3 aliphatic rings. The molecule has 5 atom stereocenters. The first-order chi connectivity index (χ1) is 51.5. The van der Waals surface area contributed by atoms with E-state index in [4.69, 9.17) is 32.3 Å². The molecule has 0 bridgehead atoms. The number of hydrogen-bond acceptors (Lipinski definition) is 21. The molecule has 0 amide bonds. The van der Waals surface area contributed by atoms with Crippen LogP contribution in [0.25, 0.3) is 0 Å². The Bertz CT molecular complexity index is 4500. The second-order valence-corrected chi connectivity index (χ2v) is 52.2. The lowest BCUT2D eigenvalue weighted by atomic mass is 10.1. The number of anilines is 1. The summed E-state index contributed by atoms with van der Waals surface area (Å²) >= 11 is 6.25. The predicted molar refractivity (Wildman–Crippen MR) is 454 cm³/mol. The predicted octanol–water partition coefficient (Wildman–Crippen LogP) is 16.0. The first-order valence-corrected chi connectivity index (χ1v) is 50.8. The van der Waals surface area contributed by atoms with Gasteiger partial charge in [0.25, 0.3) is 0 Å². The lowest BCUT2D eigenvalue weighted by Crippen LogP contribution is -2.41. The van der Waals surface area contributed by atoms with Crippen molar-refractivity contribution in [1.29, 1.82) is 0 Å². The number of nitrogens with one attached hydrogen (secondary N) is 3. The first-order valence-electron chi connectivity index (χ1n) is 37.9. The minimum Gasteiger partial charge on any atom is -0.416 e. The molecule has 1 fully saturated rings. The highest BCUT2D eigenvalue weighted by Gasteiger charge is 2.40. The number of carbonyl (C=O) groups excluding carboxylic acids is 3. The minimum atomic E-state index is -4.35. The molecule has 616 valence electrons. The number of nitrogens with zero attached hydrogens (tertiary/aromatic N) is 11. The normalized spacial score (nSPS) is 17.3. The lowest BCUT2D eigenvalue weighted by molar-refractivity contribution is 0.0422. The van der Waals surface area contributed by atoms with Crippen molar-refractivity contribution in [3.8, 4) is 0 Å². The molecule has 33 heteroatoms. The quantitative estimate of drug-likeness (QED) is 0.0138. The smallest absolute Gasteiger partial charge is 0.333 e. The molecule has 1 aliphatic carbocycles. The van der Waals surface area contributed by atoms with E-state index in [2.05, 4.69) is 185 Å². The molecule has 2 unspecified atom stereocenters. The van der Waals surface area contributed by atoms with Crippen LogP contribution in [0, 0.1) is 89.0 Å². The molecular formula is C78H125BrN14O12S3Si3. The van der Waals surface area contributed by atoms with Gasteiger partial charge in [0.2, 0.25) is 5.78 Å². The summed E-state index contributed by atoms with van der Waals surface area (Å²) in [4.78, 5) is 72.0. The molecule has 8 aromatic heterocycles. The van der Waals surface area contributed by atoms with Crippen LogP contribution in [-0.4, -0.2) is 177 Å². The number of aromatic amines is 1. The topological polar surface area (TPSA) is 322 Å². The molecule has 0 aromatic carbocycles. The zero-order valence-electron chi connectivity index (χ0n) is 70.7. The van der Waals surface area contributed by atoms with Crippen LogP contribution in [-0.2, 0) is 59.2 Å². The highest BCUT2D eigenvalue weighted by Crippen LogP contribution is 2.41. The summed E-state index contributed by atoms with van der Waals surface area (Å²) in [5.41, 5.74) is 13.1. The molecule has 8 aromatic rings. The lowest BCUT2D eigenvalue weighted by Gasteiger charge is -2.36. The van der Waals surface area contributed by atoms with E-state index in [1.54, 1.807) is 6.33 Å². The van der Waals surface area contributed by atoms with E-state index < -0.39 is 47.3 Å². The Morgan fingerprint density at radius 1 is 0.667 bits per heavy atom. The molecule has 0 radical (unpaired) electrons. The van der Waals surface area contributed by atoms with E-state index in [-0.39, 0.29) is 40.7 Å². The summed E-state index contributed by atoms with van der Waals surface area (Å²) in [6.07, 6.45) is 7.59. The zero-order valence-corrected chi connectivity index (χ0v) is 77.7. The molecule has 1 saturated carbocycles. The van der Waals surface area contributed by atoms with Gasteiger partial charge in [0, 0.05) is 112 Å². The molecule has 10 heterocycles. The van der Waals surface area contributed by atoms with Gasteiger partial charge in [-0.15, -0.1) is 22.7 Å². The Kier molecular flexibility index (Phi) is 33.5. The van der Waals surface area contributed by atoms with E-state index in [1.807, 2.05) is 97.0 Å². The maximum absolute atomic E-state index is 13.6. The van der Waals surface area contributed by atoms with Gasteiger partial charge in [0.1, 0.15) is 36.0 Å². The van der Waals surface area contributed by atoms with Gasteiger partial charge in [-0.05, 0) is 162 Å². The molecule has 5 N–H and O–H groups in total. The third-order valence-electron chi connectivity index (χ3n) is 22.5. The Balaban J connectivity index is 0.000000225. The van der Waals surface area contributed by atoms with Gasteiger partial charge in [0.15, 0.2) is 43.3 Å². The number of imidazole rings is 5. The molecule has 0 spiro atoms. The number of aliphatic hydroxyl groups is 1. The van der Waals surface area contributed by atoms with Gasteiger partial charge in [-0.1, -0.05) is 78.2 Å². The summed E-state index contributed by atoms with van der Waals surface area (Å²) in [5.74, 6) is 2.01. The molecule has 2 aliphatic heterocycles. The van der Waals surface area contributed by atoms with Gasteiger partial charge >= 0.3 is 10.3 Å². The summed E-state index contributed by atoms with van der Waals surface area (Å²) in [6.45, 7) is 64.6. The van der Waals surface area contributed by atoms with Crippen molar-refractivity contribution in [2.24, 2.45) is 5.92 Å². The minimum absolute atomic E-state index is 0.0917. The highest BCUT2D eigenvalue weighted by molar-refractivity contribution is 9.09. The van der Waals surface area contributed by atoms with Crippen molar-refractivity contribution >= 4 is 98.0 Å². The summed E-state index contributed by atoms with van der Waals surface area (Å²) < 4.78 is 71.6. The molecule has 11 rings (SSSR count). The average Bonchev–Trinajstić information content (AvgIpc) is 1.63. The van der Waals surface area contributed by atoms with Gasteiger partial charge in [-0.25, -0.2) is 34.9 Å². The molecule has 26 nitrogen and oxygen atoms in total.